The van der Waals surface area contributed by atoms with Gasteiger partial charge < -0.3 is 14.5 Å². The molecule has 0 aliphatic carbocycles. The van der Waals surface area contributed by atoms with E-state index in [1.165, 1.54) is 0 Å². The predicted molar refractivity (Wildman–Crippen MR) is 47.2 cm³/mol. The zero-order valence-corrected chi connectivity index (χ0v) is 8.66. The van der Waals surface area contributed by atoms with Crippen molar-refractivity contribution >= 4 is 31.9 Å². The van der Waals surface area contributed by atoms with Gasteiger partial charge in [-0.3, -0.25) is 0 Å². The molecule has 5 heteroatoms. The van der Waals surface area contributed by atoms with Gasteiger partial charge in [0, 0.05) is 0 Å². The molecule has 0 atom stereocenters. The molecule has 0 fully saturated rings. The molecule has 3 nitrogen and oxygen atoms in total. The van der Waals surface area contributed by atoms with Gasteiger partial charge in [0.2, 0.25) is 0 Å². The standard InChI is InChI=1S/C6H5Br2NO2/c7-5-3-4(6(8)9-5)11-2-1-10-3/h9H,1-2H2. The summed E-state index contributed by atoms with van der Waals surface area (Å²) in [5.41, 5.74) is 0. The quantitative estimate of drug-likeness (QED) is 0.792. The Balaban J connectivity index is 2.52. The fourth-order valence-electron chi connectivity index (χ4n) is 0.955. The number of halogens is 2. The number of nitrogens with one attached hydrogen (secondary N) is 1. The highest BCUT2D eigenvalue weighted by atomic mass is 79.9. The molecule has 0 unspecified atom stereocenters. The first-order chi connectivity index (χ1) is 5.29. The Labute approximate surface area is 80.3 Å². The molecular weight excluding hydrogens is 278 g/mol. The number of hydrogen-bond donors (Lipinski definition) is 1. The maximum absolute atomic E-state index is 5.34. The number of aromatic amines is 1. The van der Waals surface area contributed by atoms with Gasteiger partial charge in [0.1, 0.15) is 22.4 Å². The molecule has 1 aromatic heterocycles. The lowest BCUT2D eigenvalue weighted by atomic mass is 10.5. The second kappa shape index (κ2) is 2.71. The minimum absolute atomic E-state index is 0.607. The number of rotatable bonds is 0. The molecule has 0 spiro atoms. The zero-order chi connectivity index (χ0) is 7.84. The summed E-state index contributed by atoms with van der Waals surface area (Å²) in [5, 5.41) is 0. The zero-order valence-electron chi connectivity index (χ0n) is 5.49. The van der Waals surface area contributed by atoms with Gasteiger partial charge in [-0.1, -0.05) is 0 Å². The van der Waals surface area contributed by atoms with Gasteiger partial charge in [0.25, 0.3) is 0 Å². The molecular formula is C6H5Br2NO2. The number of hydrogen-bond acceptors (Lipinski definition) is 2. The lowest BCUT2D eigenvalue weighted by Gasteiger charge is -2.14. The number of ether oxygens (including phenoxy) is 2. The Kier molecular flexibility index (Phi) is 1.85. The molecule has 1 aromatic rings. The normalized spacial score (nSPS) is 15.1. The second-order valence-corrected chi connectivity index (χ2v) is 3.69. The molecule has 1 aliphatic rings. The van der Waals surface area contributed by atoms with Gasteiger partial charge >= 0.3 is 0 Å². The predicted octanol–water partition coefficient (Wildman–Crippen LogP) is 2.31. The third-order valence-electron chi connectivity index (χ3n) is 1.40. The lowest BCUT2D eigenvalue weighted by Crippen LogP contribution is -2.14. The summed E-state index contributed by atoms with van der Waals surface area (Å²) < 4.78 is 12.3. The Hall–Kier alpha value is -0.160. The van der Waals surface area contributed by atoms with Crippen molar-refractivity contribution in [3.05, 3.63) is 9.21 Å². The fraction of sp³-hybridized carbons (Fsp3) is 0.333. The summed E-state index contributed by atoms with van der Waals surface area (Å²) in [4.78, 5) is 3.00. The van der Waals surface area contributed by atoms with Crippen LogP contribution < -0.4 is 9.47 Å². The van der Waals surface area contributed by atoms with Crippen molar-refractivity contribution in [2.45, 2.75) is 0 Å². The van der Waals surface area contributed by atoms with Crippen LogP contribution in [0.5, 0.6) is 11.5 Å². The van der Waals surface area contributed by atoms with Gasteiger partial charge in [-0.05, 0) is 31.9 Å². The van der Waals surface area contributed by atoms with Gasteiger partial charge in [0.15, 0.2) is 11.5 Å². The molecule has 0 saturated heterocycles. The van der Waals surface area contributed by atoms with Crippen molar-refractivity contribution < 1.29 is 9.47 Å². The third-order valence-corrected chi connectivity index (χ3v) is 2.52. The van der Waals surface area contributed by atoms with E-state index >= 15 is 0 Å². The molecule has 1 N–H and O–H groups in total. The van der Waals surface area contributed by atoms with Crippen LogP contribution >= 0.6 is 31.9 Å². The van der Waals surface area contributed by atoms with Crippen molar-refractivity contribution in [2.24, 2.45) is 0 Å². The average Bonchev–Trinajstić information content (AvgIpc) is 2.30. The van der Waals surface area contributed by atoms with Crippen LogP contribution in [-0.4, -0.2) is 18.2 Å². The SMILES string of the molecule is Brc1[nH]c(Br)c2c1OCCO2. The summed E-state index contributed by atoms with van der Waals surface area (Å²) in [6, 6.07) is 0. The summed E-state index contributed by atoms with van der Waals surface area (Å²) in [6.07, 6.45) is 0. The highest BCUT2D eigenvalue weighted by molar-refractivity contribution is 9.11. The van der Waals surface area contributed by atoms with Gasteiger partial charge in [-0.15, -0.1) is 0 Å². The molecule has 0 radical (unpaired) electrons. The third kappa shape index (κ3) is 1.16. The highest BCUT2D eigenvalue weighted by Gasteiger charge is 2.20. The minimum Gasteiger partial charge on any atom is -0.483 e. The summed E-state index contributed by atoms with van der Waals surface area (Å²) >= 11 is 6.62. The van der Waals surface area contributed by atoms with Crippen LogP contribution in [0.2, 0.25) is 0 Å². The van der Waals surface area contributed by atoms with Crippen molar-refractivity contribution in [3.8, 4) is 11.5 Å². The first-order valence-electron chi connectivity index (χ1n) is 3.11. The monoisotopic (exact) mass is 281 g/mol. The van der Waals surface area contributed by atoms with Crippen LogP contribution in [0.3, 0.4) is 0 Å². The van der Waals surface area contributed by atoms with Crippen LogP contribution in [0.1, 0.15) is 0 Å². The number of H-pyrrole nitrogens is 1. The maximum atomic E-state index is 5.34. The molecule has 11 heavy (non-hydrogen) atoms. The largest absolute Gasteiger partial charge is 0.483 e. The molecule has 0 bridgehead atoms. The molecule has 2 heterocycles. The lowest BCUT2D eigenvalue weighted by molar-refractivity contribution is 0.171. The van der Waals surface area contributed by atoms with Crippen molar-refractivity contribution in [2.75, 3.05) is 13.2 Å². The number of fused-ring (bicyclic) bond motifs is 1. The first-order valence-corrected chi connectivity index (χ1v) is 4.70. The van der Waals surface area contributed by atoms with E-state index in [1.807, 2.05) is 0 Å². The Morgan fingerprint density at radius 1 is 1.00 bits per heavy atom. The van der Waals surface area contributed by atoms with E-state index in [9.17, 15) is 0 Å². The van der Waals surface area contributed by atoms with Gasteiger partial charge in [-0.25, -0.2) is 0 Å². The van der Waals surface area contributed by atoms with E-state index in [-0.39, 0.29) is 0 Å². The second-order valence-electron chi connectivity index (χ2n) is 2.11. The van der Waals surface area contributed by atoms with Crippen molar-refractivity contribution in [3.63, 3.8) is 0 Å². The Bertz CT molecular complexity index is 258. The van der Waals surface area contributed by atoms with Crippen LogP contribution in [0.25, 0.3) is 0 Å². The molecule has 1 aliphatic heterocycles. The maximum Gasteiger partial charge on any atom is 0.194 e. The summed E-state index contributed by atoms with van der Waals surface area (Å²) in [6.45, 7) is 1.21. The molecule has 2 rings (SSSR count). The van der Waals surface area contributed by atoms with Crippen LogP contribution in [0.4, 0.5) is 0 Å². The van der Waals surface area contributed by atoms with Crippen LogP contribution in [0.15, 0.2) is 9.21 Å². The first kappa shape index (κ1) is 7.49. The molecule has 60 valence electrons. The van der Waals surface area contributed by atoms with E-state index in [0.29, 0.717) is 13.2 Å². The van der Waals surface area contributed by atoms with Crippen LogP contribution in [0, 0.1) is 0 Å². The Morgan fingerprint density at radius 2 is 1.45 bits per heavy atom. The average molecular weight is 283 g/mol. The molecule has 0 amide bonds. The van der Waals surface area contributed by atoms with E-state index in [0.717, 1.165) is 20.7 Å². The van der Waals surface area contributed by atoms with Crippen molar-refractivity contribution in [1.82, 2.24) is 4.98 Å². The van der Waals surface area contributed by atoms with E-state index in [2.05, 4.69) is 36.8 Å². The summed E-state index contributed by atoms with van der Waals surface area (Å²) in [5.74, 6) is 1.51. The molecule has 0 saturated carbocycles. The van der Waals surface area contributed by atoms with E-state index in [1.54, 1.807) is 0 Å². The van der Waals surface area contributed by atoms with Gasteiger partial charge in [-0.2, -0.15) is 0 Å². The van der Waals surface area contributed by atoms with E-state index in [4.69, 9.17) is 9.47 Å². The Morgan fingerprint density at radius 3 is 1.91 bits per heavy atom. The van der Waals surface area contributed by atoms with E-state index < -0.39 is 0 Å². The highest BCUT2D eigenvalue weighted by Crippen LogP contribution is 2.42. The number of aromatic nitrogens is 1. The fourth-order valence-corrected chi connectivity index (χ4v) is 2.21. The topological polar surface area (TPSA) is 34.2 Å². The smallest absolute Gasteiger partial charge is 0.194 e. The van der Waals surface area contributed by atoms with Crippen molar-refractivity contribution in [1.29, 1.82) is 0 Å². The minimum atomic E-state index is 0.607. The molecule has 0 aromatic carbocycles. The van der Waals surface area contributed by atoms with Crippen LogP contribution in [-0.2, 0) is 0 Å². The van der Waals surface area contributed by atoms with Gasteiger partial charge in [0.05, 0.1) is 0 Å². The summed E-state index contributed by atoms with van der Waals surface area (Å²) in [7, 11) is 0.